The zero-order chi connectivity index (χ0) is 64.3. The highest BCUT2D eigenvalue weighted by atomic mass is 16.7. The number of amides is 2. The lowest BCUT2D eigenvalue weighted by Crippen LogP contribution is -2.66. The summed E-state index contributed by atoms with van der Waals surface area (Å²) in [5, 5.41) is 90.6. The second kappa shape index (κ2) is 31.4. The summed E-state index contributed by atoms with van der Waals surface area (Å²) in [6.07, 6.45) is -22.1. The number of benzene rings is 6. The molecule has 2 amide bonds. The maximum absolute atomic E-state index is 14.8. The van der Waals surface area contributed by atoms with Gasteiger partial charge in [0, 0.05) is 11.1 Å². The largest absolute Gasteiger partial charge is 0.388 e. The monoisotopic (exact) mass is 1260 g/mol. The van der Waals surface area contributed by atoms with Crippen molar-refractivity contribution in [3.05, 3.63) is 214 Å². The van der Waals surface area contributed by atoms with E-state index in [9.17, 15) is 50.4 Å². The molecule has 4 heterocycles. The summed E-state index contributed by atoms with van der Waals surface area (Å²) in [5.74, 6) is -1.19. The highest BCUT2D eigenvalue weighted by Gasteiger charge is 2.50. The lowest BCUT2D eigenvalue weighted by Gasteiger charge is -2.45. The molecule has 4 fully saturated rings. The number of aliphatic hydroxyl groups is 8. The van der Waals surface area contributed by atoms with Crippen molar-refractivity contribution in [3.8, 4) is 0 Å². The van der Waals surface area contributed by atoms with Crippen LogP contribution in [0.2, 0.25) is 0 Å². The van der Waals surface area contributed by atoms with Crippen LogP contribution in [0, 0.1) is 0 Å². The van der Waals surface area contributed by atoms with Crippen molar-refractivity contribution in [2.24, 2.45) is 22.9 Å². The Labute approximate surface area is 526 Å². The third-order valence-electron chi connectivity index (χ3n) is 17.0. The van der Waals surface area contributed by atoms with E-state index in [1.165, 1.54) is 9.80 Å². The van der Waals surface area contributed by atoms with E-state index < -0.39 is 134 Å². The average Bonchev–Trinajstić information content (AvgIpc) is 1.07. The van der Waals surface area contributed by atoms with Crippen molar-refractivity contribution in [3.63, 3.8) is 0 Å². The first-order valence-corrected chi connectivity index (χ1v) is 30.4. The molecule has 4 aliphatic heterocycles. The zero-order valence-electron chi connectivity index (χ0n) is 49.9. The highest BCUT2D eigenvalue weighted by molar-refractivity contribution is 5.95. The molecule has 10 rings (SSSR count). The molecule has 488 valence electrons. The Balaban J connectivity index is 0.856. The van der Waals surface area contributed by atoms with Crippen LogP contribution in [0.15, 0.2) is 170 Å². The van der Waals surface area contributed by atoms with E-state index in [1.54, 1.807) is 48.5 Å². The standard InChI is InChI=1S/C67H82N6O18/c68-50-58(78)54(74)46(88-64(50)84-34-40-13-5-1-6-14-40)30-72(31-47-55(75)59(79)51(69)65(89-47)85-35-41-15-7-2-8-16-41)62(82)44-25-21-38(22-26-44)29-39-23-27-45(28-24-39)63(83)73(32-48-56(76)60(80)52(70)66(90-48)86-36-42-17-9-3-10-18-42)33-49-57(77)61(81)53(71)67(91-49)87-37-43-19-11-4-12-20-43/h1-28,46-61,64-67,74-81H,29-37,68-71H2/t46-,47-,48-,49-,50-,51-,52-,53-,54-,55-,56-,57-,58-,59-,60-,61-,64+,65+,66+,67+/m1/s1. The van der Waals surface area contributed by atoms with Crippen LogP contribution in [-0.2, 0) is 70.7 Å². The molecule has 0 radical (unpaired) electrons. The van der Waals surface area contributed by atoms with Crippen LogP contribution >= 0.6 is 0 Å². The van der Waals surface area contributed by atoms with E-state index in [2.05, 4.69) is 0 Å². The minimum atomic E-state index is -1.59. The van der Waals surface area contributed by atoms with Gasteiger partial charge in [-0.25, -0.2) is 0 Å². The number of carbonyl (C=O) groups is 2. The summed E-state index contributed by atoms with van der Waals surface area (Å²) in [5.41, 5.74) is 30.3. The molecule has 0 bridgehead atoms. The minimum absolute atomic E-state index is 0.0607. The Hall–Kier alpha value is -6.54. The second-order valence-electron chi connectivity index (χ2n) is 23.6. The van der Waals surface area contributed by atoms with Gasteiger partial charge in [-0.3, -0.25) is 9.59 Å². The predicted molar refractivity (Wildman–Crippen MR) is 327 cm³/mol. The van der Waals surface area contributed by atoms with E-state index in [0.717, 1.165) is 33.4 Å². The number of hydrogen-bond donors (Lipinski definition) is 12. The molecule has 0 unspecified atom stereocenters. The first-order chi connectivity index (χ1) is 43.9. The van der Waals surface area contributed by atoms with Gasteiger partial charge < -0.3 is 111 Å². The molecule has 24 nitrogen and oxygen atoms in total. The molecule has 6 aromatic carbocycles. The topological polar surface area (TPSA) is 380 Å². The van der Waals surface area contributed by atoms with Gasteiger partial charge in [0.25, 0.3) is 11.8 Å². The number of ether oxygens (including phenoxy) is 8. The molecule has 4 aliphatic rings. The Bertz CT molecular complexity index is 2840. The molecule has 0 spiro atoms. The molecule has 20 atom stereocenters. The minimum Gasteiger partial charge on any atom is -0.388 e. The van der Waals surface area contributed by atoms with Crippen LogP contribution in [0.5, 0.6) is 0 Å². The number of nitrogens with zero attached hydrogens (tertiary/aromatic N) is 2. The molecule has 16 N–H and O–H groups in total. The predicted octanol–water partition coefficient (Wildman–Crippen LogP) is 0.125. The quantitative estimate of drug-likeness (QED) is 0.0383. The Kier molecular flexibility index (Phi) is 23.2. The lowest BCUT2D eigenvalue weighted by atomic mass is 9.95. The second-order valence-corrected chi connectivity index (χ2v) is 23.6. The van der Waals surface area contributed by atoms with Gasteiger partial charge in [0.2, 0.25) is 0 Å². The van der Waals surface area contributed by atoms with Gasteiger partial charge in [-0.15, -0.1) is 0 Å². The summed E-state index contributed by atoms with van der Waals surface area (Å²) in [6, 6.07) is 45.4. The van der Waals surface area contributed by atoms with Gasteiger partial charge in [0.05, 0.1) is 76.8 Å². The smallest absolute Gasteiger partial charge is 0.254 e. The zero-order valence-corrected chi connectivity index (χ0v) is 49.9. The van der Waals surface area contributed by atoms with Gasteiger partial charge in [0.1, 0.15) is 73.2 Å². The molecular weight excluding hydrogens is 1180 g/mol. The van der Waals surface area contributed by atoms with Crippen LogP contribution in [0.3, 0.4) is 0 Å². The maximum Gasteiger partial charge on any atom is 0.254 e. The molecule has 6 aromatic rings. The van der Waals surface area contributed by atoms with Gasteiger partial charge in [-0.1, -0.05) is 146 Å². The number of aliphatic hydroxyl groups excluding tert-OH is 8. The van der Waals surface area contributed by atoms with Crippen LogP contribution < -0.4 is 22.9 Å². The van der Waals surface area contributed by atoms with Crippen molar-refractivity contribution in [1.82, 2.24) is 9.80 Å². The normalized spacial score (nSPS) is 31.8. The molecule has 91 heavy (non-hydrogen) atoms. The third-order valence-corrected chi connectivity index (χ3v) is 17.0. The van der Waals surface area contributed by atoms with E-state index >= 15 is 0 Å². The van der Waals surface area contributed by atoms with Crippen LogP contribution in [0.25, 0.3) is 0 Å². The summed E-state index contributed by atoms with van der Waals surface area (Å²) in [4.78, 5) is 32.2. The molecule has 24 heteroatoms. The molecule has 0 aliphatic carbocycles. The average molecular weight is 1260 g/mol. The van der Waals surface area contributed by atoms with E-state index in [4.69, 9.17) is 60.8 Å². The Morgan fingerprint density at radius 2 is 0.538 bits per heavy atom. The molecule has 0 aromatic heterocycles. The van der Waals surface area contributed by atoms with Gasteiger partial charge in [0.15, 0.2) is 25.2 Å². The maximum atomic E-state index is 14.8. The van der Waals surface area contributed by atoms with E-state index in [0.29, 0.717) is 6.42 Å². The molecule has 4 saturated heterocycles. The molecule has 0 saturated carbocycles. The Morgan fingerprint density at radius 1 is 0.319 bits per heavy atom. The van der Waals surface area contributed by atoms with Gasteiger partial charge in [-0.2, -0.15) is 0 Å². The molecular formula is C67H82N6O18. The van der Waals surface area contributed by atoms with E-state index in [1.807, 2.05) is 121 Å². The number of nitrogens with two attached hydrogens (primary N) is 4. The number of hydrogen-bond acceptors (Lipinski definition) is 22. The highest BCUT2D eigenvalue weighted by Crippen LogP contribution is 2.30. The van der Waals surface area contributed by atoms with Crippen molar-refractivity contribution in [2.75, 3.05) is 26.2 Å². The number of carbonyl (C=O) groups excluding carboxylic acids is 2. The summed E-state index contributed by atoms with van der Waals surface area (Å²) in [6.45, 7) is -1.23. The van der Waals surface area contributed by atoms with Crippen LogP contribution in [0.1, 0.15) is 54.1 Å². The SMILES string of the molecule is N[C@H]1[C@@H](OCc2ccccc2)O[C@H](CN(C[C@H]2O[C@H](OCc3ccccc3)[C@H](N)[C@@H](O)[C@@H]2O)C(=O)c2ccc(Cc3ccc(C(=O)N(C[C@H]4O[C@H](OCc5ccccc5)[C@H](N)[C@@H](O)[C@@H]4O)C[C@H]4O[C@H](OCc5ccccc5)[C@H](N)[C@@H](O)[C@@H]4O)cc3)cc2)[C@@H](O)[C@@H]1O. The fourth-order valence-corrected chi connectivity index (χ4v) is 11.5. The fraction of sp³-hybridized carbons (Fsp3) is 0.433. The van der Waals surface area contributed by atoms with Crippen molar-refractivity contribution in [2.45, 2.75) is 155 Å². The fourth-order valence-electron chi connectivity index (χ4n) is 11.5. The first kappa shape index (κ1) is 67.4. The summed E-state index contributed by atoms with van der Waals surface area (Å²) >= 11 is 0. The van der Waals surface area contributed by atoms with E-state index in [-0.39, 0.29) is 63.7 Å². The first-order valence-electron chi connectivity index (χ1n) is 30.4. The Morgan fingerprint density at radius 3 is 0.758 bits per heavy atom. The van der Waals surface area contributed by atoms with Gasteiger partial charge in [-0.05, 0) is 64.1 Å². The van der Waals surface area contributed by atoms with Gasteiger partial charge >= 0.3 is 0 Å². The third kappa shape index (κ3) is 16.8. The summed E-state index contributed by atoms with van der Waals surface area (Å²) < 4.78 is 48.9. The van der Waals surface area contributed by atoms with Crippen LogP contribution in [0.4, 0.5) is 0 Å². The van der Waals surface area contributed by atoms with Crippen LogP contribution in [-0.4, -0.2) is 211 Å². The number of rotatable bonds is 24. The van der Waals surface area contributed by atoms with Crippen molar-refractivity contribution < 1.29 is 88.3 Å². The van der Waals surface area contributed by atoms with Crippen molar-refractivity contribution in [1.29, 1.82) is 0 Å². The lowest BCUT2D eigenvalue weighted by molar-refractivity contribution is -0.272. The van der Waals surface area contributed by atoms with Crippen molar-refractivity contribution >= 4 is 11.8 Å². The summed E-state index contributed by atoms with van der Waals surface area (Å²) in [7, 11) is 0.